The number of halogens is 3. The Labute approximate surface area is 173 Å². The standard InChI is InChI=1S/C21H23F3N2O3S/c22-21(23,24)16-8-6-10-18(14-16)30(28,29)15-17-9-7-11-19(25-17)20(27)26-12-4-2-1-3-5-13-26/h6-11,14H,1-5,12-13,15H2. The highest BCUT2D eigenvalue weighted by Crippen LogP contribution is 2.31. The Morgan fingerprint density at radius 1 is 0.967 bits per heavy atom. The number of aromatic nitrogens is 1. The zero-order valence-corrected chi connectivity index (χ0v) is 17.2. The Bertz CT molecular complexity index is 999. The van der Waals surface area contributed by atoms with Gasteiger partial charge in [0.15, 0.2) is 9.84 Å². The van der Waals surface area contributed by atoms with Crippen LogP contribution in [0.5, 0.6) is 0 Å². The maximum Gasteiger partial charge on any atom is 0.416 e. The molecule has 1 aliphatic heterocycles. The molecule has 1 amide bonds. The number of carbonyl (C=O) groups is 1. The van der Waals surface area contributed by atoms with E-state index in [1.54, 1.807) is 11.0 Å². The molecule has 0 bridgehead atoms. The highest BCUT2D eigenvalue weighted by molar-refractivity contribution is 7.90. The van der Waals surface area contributed by atoms with Crippen molar-refractivity contribution in [3.8, 4) is 0 Å². The predicted molar refractivity (Wildman–Crippen MR) is 106 cm³/mol. The molecule has 5 nitrogen and oxygen atoms in total. The molecule has 162 valence electrons. The zero-order chi connectivity index (χ0) is 21.8. The monoisotopic (exact) mass is 440 g/mol. The van der Waals surface area contributed by atoms with Crippen LogP contribution in [0.4, 0.5) is 13.2 Å². The topological polar surface area (TPSA) is 67.3 Å². The molecule has 1 saturated heterocycles. The van der Waals surface area contributed by atoms with E-state index in [9.17, 15) is 26.4 Å². The number of amides is 1. The largest absolute Gasteiger partial charge is 0.416 e. The molecule has 3 rings (SSSR count). The summed E-state index contributed by atoms with van der Waals surface area (Å²) in [5, 5.41) is 0. The van der Waals surface area contributed by atoms with Crippen LogP contribution >= 0.6 is 0 Å². The van der Waals surface area contributed by atoms with Crippen LogP contribution < -0.4 is 0 Å². The van der Waals surface area contributed by atoms with E-state index in [0.717, 1.165) is 50.3 Å². The minimum absolute atomic E-state index is 0.116. The molecule has 0 radical (unpaired) electrons. The van der Waals surface area contributed by atoms with E-state index in [2.05, 4.69) is 4.98 Å². The van der Waals surface area contributed by atoms with Gasteiger partial charge < -0.3 is 4.90 Å². The lowest BCUT2D eigenvalue weighted by molar-refractivity contribution is -0.137. The lowest BCUT2D eigenvalue weighted by Crippen LogP contribution is -2.34. The van der Waals surface area contributed by atoms with Crippen molar-refractivity contribution in [3.63, 3.8) is 0 Å². The SMILES string of the molecule is O=C(c1cccc(CS(=O)(=O)c2cccc(C(F)(F)F)c2)n1)N1CCCCCCC1. The molecule has 0 saturated carbocycles. The molecule has 0 unspecified atom stereocenters. The first-order chi connectivity index (χ1) is 14.2. The molecule has 9 heteroatoms. The lowest BCUT2D eigenvalue weighted by atomic mass is 10.1. The summed E-state index contributed by atoms with van der Waals surface area (Å²) in [6, 6.07) is 8.15. The van der Waals surface area contributed by atoms with E-state index in [-0.39, 0.29) is 17.3 Å². The lowest BCUT2D eigenvalue weighted by Gasteiger charge is -2.24. The van der Waals surface area contributed by atoms with E-state index < -0.39 is 32.2 Å². The van der Waals surface area contributed by atoms with Crippen molar-refractivity contribution >= 4 is 15.7 Å². The summed E-state index contributed by atoms with van der Waals surface area (Å²) >= 11 is 0. The van der Waals surface area contributed by atoms with Gasteiger partial charge in [0.05, 0.1) is 21.9 Å². The summed E-state index contributed by atoms with van der Waals surface area (Å²) in [7, 11) is -4.06. The van der Waals surface area contributed by atoms with Gasteiger partial charge in [0.2, 0.25) is 0 Å². The van der Waals surface area contributed by atoms with E-state index >= 15 is 0 Å². The number of alkyl halides is 3. The molecule has 0 aliphatic carbocycles. The van der Waals surface area contributed by atoms with Crippen LogP contribution in [-0.4, -0.2) is 37.3 Å². The van der Waals surface area contributed by atoms with E-state index in [1.165, 1.54) is 12.1 Å². The van der Waals surface area contributed by atoms with Gasteiger partial charge >= 0.3 is 6.18 Å². The fourth-order valence-corrected chi connectivity index (χ4v) is 4.74. The number of hydrogen-bond donors (Lipinski definition) is 0. The van der Waals surface area contributed by atoms with Gasteiger partial charge in [0, 0.05) is 13.1 Å². The molecular weight excluding hydrogens is 417 g/mol. The first kappa shape index (κ1) is 22.3. The Morgan fingerprint density at radius 3 is 2.27 bits per heavy atom. The molecule has 0 atom stereocenters. The van der Waals surface area contributed by atoms with E-state index in [0.29, 0.717) is 19.2 Å². The van der Waals surface area contributed by atoms with Gasteiger partial charge in [-0.05, 0) is 43.2 Å². The number of sulfone groups is 1. The van der Waals surface area contributed by atoms with Gasteiger partial charge in [0.25, 0.3) is 5.91 Å². The third-order valence-corrected chi connectivity index (χ3v) is 6.68. The van der Waals surface area contributed by atoms with E-state index in [1.807, 2.05) is 0 Å². The van der Waals surface area contributed by atoms with Crippen molar-refractivity contribution in [2.45, 2.75) is 48.9 Å². The quantitative estimate of drug-likeness (QED) is 0.703. The van der Waals surface area contributed by atoms with Crippen LogP contribution in [0.3, 0.4) is 0 Å². The van der Waals surface area contributed by atoms with Crippen molar-refractivity contribution in [2.24, 2.45) is 0 Å². The Morgan fingerprint density at radius 2 is 1.60 bits per heavy atom. The summed E-state index contributed by atoms with van der Waals surface area (Å²) in [4.78, 5) is 18.3. The number of carbonyl (C=O) groups excluding carboxylic acids is 1. The van der Waals surface area contributed by atoms with Crippen LogP contribution in [0.25, 0.3) is 0 Å². The second kappa shape index (κ2) is 9.16. The normalized spacial score (nSPS) is 16.0. The Kier molecular flexibility index (Phi) is 6.80. The van der Waals surface area contributed by atoms with Gasteiger partial charge in [-0.2, -0.15) is 13.2 Å². The highest BCUT2D eigenvalue weighted by Gasteiger charge is 2.31. The summed E-state index contributed by atoms with van der Waals surface area (Å²) in [6.07, 6.45) is 0.467. The maximum absolute atomic E-state index is 12.9. The first-order valence-corrected chi connectivity index (χ1v) is 11.5. The van der Waals surface area contributed by atoms with Gasteiger partial charge in [-0.15, -0.1) is 0 Å². The summed E-state index contributed by atoms with van der Waals surface area (Å²) in [5.41, 5.74) is -0.768. The molecule has 1 aliphatic rings. The molecule has 0 N–H and O–H groups in total. The molecule has 1 aromatic carbocycles. The smallest absolute Gasteiger partial charge is 0.337 e. The first-order valence-electron chi connectivity index (χ1n) is 9.82. The predicted octanol–water partition coefficient (Wildman–Crippen LogP) is 4.48. The fourth-order valence-electron chi connectivity index (χ4n) is 3.44. The van der Waals surface area contributed by atoms with Gasteiger partial charge in [-0.3, -0.25) is 4.79 Å². The second-order valence-electron chi connectivity index (χ2n) is 7.36. The maximum atomic E-state index is 12.9. The average Bonchev–Trinajstić information content (AvgIpc) is 2.67. The van der Waals surface area contributed by atoms with Crippen molar-refractivity contribution < 1.29 is 26.4 Å². The number of pyridine rings is 1. The molecule has 30 heavy (non-hydrogen) atoms. The van der Waals surface area contributed by atoms with Crippen LogP contribution in [0, 0.1) is 0 Å². The average molecular weight is 440 g/mol. The van der Waals surface area contributed by atoms with Gasteiger partial charge in [-0.1, -0.05) is 31.4 Å². The van der Waals surface area contributed by atoms with Crippen LogP contribution in [-0.2, 0) is 21.8 Å². The van der Waals surface area contributed by atoms with Crippen molar-refractivity contribution in [2.75, 3.05) is 13.1 Å². The van der Waals surface area contributed by atoms with Crippen molar-refractivity contribution in [3.05, 3.63) is 59.4 Å². The van der Waals surface area contributed by atoms with Crippen molar-refractivity contribution in [1.29, 1.82) is 0 Å². The molecule has 0 spiro atoms. The molecular formula is C21H23F3N2O3S. The summed E-state index contributed by atoms with van der Waals surface area (Å²) < 4.78 is 64.0. The Balaban J connectivity index is 1.80. The summed E-state index contributed by atoms with van der Waals surface area (Å²) in [6.45, 7) is 1.26. The van der Waals surface area contributed by atoms with Crippen LogP contribution in [0.15, 0.2) is 47.4 Å². The van der Waals surface area contributed by atoms with Crippen LogP contribution in [0.1, 0.15) is 53.8 Å². The number of nitrogens with zero attached hydrogens (tertiary/aromatic N) is 2. The second-order valence-corrected chi connectivity index (χ2v) is 9.35. The number of benzene rings is 1. The molecule has 2 aromatic rings. The Hall–Kier alpha value is -2.42. The minimum atomic E-state index is -4.64. The third-order valence-electron chi connectivity index (χ3n) is 5.03. The molecule has 2 heterocycles. The zero-order valence-electron chi connectivity index (χ0n) is 16.4. The van der Waals surface area contributed by atoms with E-state index in [4.69, 9.17) is 0 Å². The fraction of sp³-hybridized carbons (Fsp3) is 0.429. The number of likely N-dealkylation sites (tertiary alicyclic amines) is 1. The van der Waals surface area contributed by atoms with Gasteiger partial charge in [0.1, 0.15) is 5.69 Å². The van der Waals surface area contributed by atoms with Gasteiger partial charge in [-0.25, -0.2) is 13.4 Å². The highest BCUT2D eigenvalue weighted by atomic mass is 32.2. The molecule has 1 aromatic heterocycles. The van der Waals surface area contributed by atoms with Crippen molar-refractivity contribution in [1.82, 2.24) is 9.88 Å². The third kappa shape index (κ3) is 5.59. The number of hydrogen-bond acceptors (Lipinski definition) is 4. The van der Waals surface area contributed by atoms with Crippen LogP contribution in [0.2, 0.25) is 0 Å². The minimum Gasteiger partial charge on any atom is -0.337 e. The number of rotatable bonds is 4. The molecule has 1 fully saturated rings. The summed E-state index contributed by atoms with van der Waals surface area (Å²) in [5.74, 6) is -0.842.